The number of aliphatic hydroxyl groups excluding tert-OH is 1. The third-order valence-electron chi connectivity index (χ3n) is 4.11. The van der Waals surface area contributed by atoms with Crippen molar-refractivity contribution < 1.29 is 24.2 Å². The molecule has 0 atom stereocenters. The zero-order valence-corrected chi connectivity index (χ0v) is 16.0. The van der Waals surface area contributed by atoms with E-state index in [0.29, 0.717) is 33.5 Å². The first-order valence-corrected chi connectivity index (χ1v) is 9.64. The monoisotopic (exact) mass is 411 g/mol. The number of nitrogens with one attached hydrogen (secondary N) is 2. The summed E-state index contributed by atoms with van der Waals surface area (Å²) in [7, 11) is 0. The van der Waals surface area contributed by atoms with E-state index in [4.69, 9.17) is 14.6 Å². The van der Waals surface area contributed by atoms with Gasteiger partial charge in [-0.3, -0.25) is 9.59 Å². The van der Waals surface area contributed by atoms with Gasteiger partial charge in [0.05, 0.1) is 24.4 Å². The van der Waals surface area contributed by atoms with Crippen LogP contribution in [-0.4, -0.2) is 35.1 Å². The molecule has 0 saturated heterocycles. The molecule has 8 nitrogen and oxygen atoms in total. The Kier molecular flexibility index (Phi) is 5.41. The van der Waals surface area contributed by atoms with Gasteiger partial charge in [-0.05, 0) is 30.3 Å². The van der Waals surface area contributed by atoms with Crippen molar-refractivity contribution >= 4 is 28.8 Å². The summed E-state index contributed by atoms with van der Waals surface area (Å²) >= 11 is 1.29. The van der Waals surface area contributed by atoms with Crippen molar-refractivity contribution in [2.75, 3.05) is 18.5 Å². The van der Waals surface area contributed by atoms with Gasteiger partial charge in [0.1, 0.15) is 12.4 Å². The number of hydrogen-bond acceptors (Lipinski definition) is 7. The first-order chi connectivity index (χ1) is 14.1. The van der Waals surface area contributed by atoms with E-state index in [0.717, 1.165) is 4.88 Å². The predicted octanol–water partition coefficient (Wildman–Crippen LogP) is 2.80. The summed E-state index contributed by atoms with van der Waals surface area (Å²) in [5.41, 5.74) is 1.25. The zero-order valence-electron chi connectivity index (χ0n) is 15.2. The molecule has 2 aromatic carbocycles. The number of fused-ring (bicyclic) bond motifs is 2. The predicted molar refractivity (Wildman–Crippen MR) is 107 cm³/mol. The minimum Gasteiger partial charge on any atom is -0.468 e. The van der Waals surface area contributed by atoms with Gasteiger partial charge < -0.3 is 25.2 Å². The fraction of sp³-hybridized carbons (Fsp3) is 0.150. The Labute approximate surface area is 170 Å². The molecular formula is C20H17N3O5S. The van der Waals surface area contributed by atoms with Crippen LogP contribution in [0.3, 0.4) is 0 Å². The quantitative estimate of drug-likeness (QED) is 0.575. The number of aromatic nitrogens is 1. The summed E-state index contributed by atoms with van der Waals surface area (Å²) in [5.74, 6) is 0.338. The van der Waals surface area contributed by atoms with Crippen molar-refractivity contribution in [3.63, 3.8) is 0 Å². The molecule has 3 N–H and O–H groups in total. The third-order valence-corrected chi connectivity index (χ3v) is 5.02. The Balaban J connectivity index is 1.45. The standard InChI is InChI=1S/C20H17N3O5S/c24-7-8-27-20-22-11-13(29-20)10-21-18(25)12-5-6-17-15(9-12)23-19(26)14-3-1-2-4-16(14)28-17/h1-6,9,11,24H,7-8,10H2,(H,21,25)(H,23,26). The number of carbonyl (C=O) groups excluding carboxylic acids is 2. The Morgan fingerprint density at radius 2 is 2.10 bits per heavy atom. The molecule has 2 amide bonds. The molecular weight excluding hydrogens is 394 g/mol. The van der Waals surface area contributed by atoms with E-state index >= 15 is 0 Å². The third kappa shape index (κ3) is 4.20. The lowest BCUT2D eigenvalue weighted by molar-refractivity contribution is 0.0950. The summed E-state index contributed by atoms with van der Waals surface area (Å²) in [5, 5.41) is 14.8. The van der Waals surface area contributed by atoms with Gasteiger partial charge in [0.25, 0.3) is 17.0 Å². The van der Waals surface area contributed by atoms with Crippen molar-refractivity contribution in [3.8, 4) is 16.7 Å². The summed E-state index contributed by atoms with van der Waals surface area (Å²) < 4.78 is 11.0. The maximum absolute atomic E-state index is 12.5. The minimum atomic E-state index is -0.296. The first-order valence-electron chi connectivity index (χ1n) is 8.83. The normalized spacial score (nSPS) is 12.1. The fourth-order valence-electron chi connectivity index (χ4n) is 2.75. The van der Waals surface area contributed by atoms with Crippen LogP contribution in [0, 0.1) is 0 Å². The summed E-state index contributed by atoms with van der Waals surface area (Å²) in [6.45, 7) is 0.367. The van der Waals surface area contributed by atoms with Crippen LogP contribution < -0.4 is 20.1 Å². The number of para-hydroxylation sites is 1. The van der Waals surface area contributed by atoms with Crippen LogP contribution in [0.15, 0.2) is 48.7 Å². The number of benzene rings is 2. The number of aliphatic hydroxyl groups is 1. The van der Waals surface area contributed by atoms with Gasteiger partial charge in [0.15, 0.2) is 5.75 Å². The smallest absolute Gasteiger partial charge is 0.273 e. The molecule has 1 aliphatic rings. The molecule has 2 heterocycles. The van der Waals surface area contributed by atoms with Gasteiger partial charge in [-0.2, -0.15) is 0 Å². The number of amides is 2. The Bertz CT molecular complexity index is 1070. The van der Waals surface area contributed by atoms with E-state index in [2.05, 4.69) is 15.6 Å². The molecule has 9 heteroatoms. The molecule has 0 bridgehead atoms. The van der Waals surface area contributed by atoms with Crippen LogP contribution in [0.5, 0.6) is 16.7 Å². The molecule has 4 rings (SSSR count). The van der Waals surface area contributed by atoms with Crippen molar-refractivity contribution in [3.05, 3.63) is 64.7 Å². The molecule has 0 unspecified atom stereocenters. The molecule has 1 aliphatic heterocycles. The van der Waals surface area contributed by atoms with Crippen molar-refractivity contribution in [1.29, 1.82) is 0 Å². The highest BCUT2D eigenvalue weighted by molar-refractivity contribution is 7.13. The van der Waals surface area contributed by atoms with Gasteiger partial charge >= 0.3 is 0 Å². The molecule has 0 saturated carbocycles. The molecule has 0 radical (unpaired) electrons. The fourth-order valence-corrected chi connectivity index (χ4v) is 3.47. The largest absolute Gasteiger partial charge is 0.468 e. The van der Waals surface area contributed by atoms with Crippen molar-refractivity contribution in [1.82, 2.24) is 10.3 Å². The molecule has 29 heavy (non-hydrogen) atoms. The number of hydrogen-bond donors (Lipinski definition) is 3. The van der Waals surface area contributed by atoms with E-state index in [9.17, 15) is 9.59 Å². The average Bonchev–Trinajstić information content (AvgIpc) is 3.14. The summed E-state index contributed by atoms with van der Waals surface area (Å²) in [4.78, 5) is 29.8. The molecule has 3 aromatic rings. The van der Waals surface area contributed by atoms with Gasteiger partial charge in [-0.1, -0.05) is 23.5 Å². The van der Waals surface area contributed by atoms with E-state index in [1.807, 2.05) is 0 Å². The number of thiazole rings is 1. The number of nitrogens with zero attached hydrogens (tertiary/aromatic N) is 1. The van der Waals surface area contributed by atoms with E-state index in [1.165, 1.54) is 11.3 Å². The lowest BCUT2D eigenvalue weighted by Crippen LogP contribution is -2.22. The lowest BCUT2D eigenvalue weighted by Gasteiger charge is -2.10. The van der Waals surface area contributed by atoms with Crippen LogP contribution in [0.25, 0.3) is 0 Å². The van der Waals surface area contributed by atoms with Crippen LogP contribution in [0.1, 0.15) is 25.6 Å². The van der Waals surface area contributed by atoms with Crippen LogP contribution >= 0.6 is 11.3 Å². The maximum atomic E-state index is 12.5. The Hall–Kier alpha value is -3.43. The number of ether oxygens (including phenoxy) is 2. The topological polar surface area (TPSA) is 110 Å². The number of carbonyl (C=O) groups is 2. The first kappa shape index (κ1) is 18.9. The summed E-state index contributed by atoms with van der Waals surface area (Å²) in [6, 6.07) is 11.8. The molecule has 148 valence electrons. The second-order valence-electron chi connectivity index (χ2n) is 6.11. The average molecular weight is 411 g/mol. The van der Waals surface area contributed by atoms with Gasteiger partial charge in [0, 0.05) is 16.6 Å². The van der Waals surface area contributed by atoms with Crippen molar-refractivity contribution in [2.24, 2.45) is 0 Å². The Morgan fingerprint density at radius 3 is 2.97 bits per heavy atom. The molecule has 0 fully saturated rings. The summed E-state index contributed by atoms with van der Waals surface area (Å²) in [6.07, 6.45) is 1.61. The second kappa shape index (κ2) is 8.29. The van der Waals surface area contributed by atoms with E-state index in [1.54, 1.807) is 48.7 Å². The number of rotatable bonds is 6. The Morgan fingerprint density at radius 1 is 1.24 bits per heavy atom. The van der Waals surface area contributed by atoms with Crippen molar-refractivity contribution in [2.45, 2.75) is 6.54 Å². The van der Waals surface area contributed by atoms with Gasteiger partial charge in [0.2, 0.25) is 0 Å². The van der Waals surface area contributed by atoms with Crippen LogP contribution in [-0.2, 0) is 6.54 Å². The second-order valence-corrected chi connectivity index (χ2v) is 7.19. The van der Waals surface area contributed by atoms with E-state index in [-0.39, 0.29) is 31.6 Å². The molecule has 0 spiro atoms. The van der Waals surface area contributed by atoms with Crippen LogP contribution in [0.2, 0.25) is 0 Å². The molecule has 1 aromatic heterocycles. The van der Waals surface area contributed by atoms with Crippen LogP contribution in [0.4, 0.5) is 5.69 Å². The van der Waals surface area contributed by atoms with E-state index < -0.39 is 0 Å². The lowest BCUT2D eigenvalue weighted by atomic mass is 10.1. The number of anilines is 1. The highest BCUT2D eigenvalue weighted by Crippen LogP contribution is 2.36. The minimum absolute atomic E-state index is 0.0880. The highest BCUT2D eigenvalue weighted by atomic mass is 32.1. The maximum Gasteiger partial charge on any atom is 0.273 e. The SMILES string of the molecule is O=C(NCc1cnc(OCCO)s1)c1ccc2c(c1)NC(=O)c1ccccc1O2. The van der Waals surface area contributed by atoms with Gasteiger partial charge in [-0.25, -0.2) is 4.98 Å². The molecule has 0 aliphatic carbocycles. The highest BCUT2D eigenvalue weighted by Gasteiger charge is 2.21. The van der Waals surface area contributed by atoms with Gasteiger partial charge in [-0.15, -0.1) is 0 Å². The zero-order chi connectivity index (χ0) is 20.2.